The molecule has 1 aromatic heterocycles. The molecular weight excluding hydrogens is 394 g/mol. The van der Waals surface area contributed by atoms with Crippen LogP contribution < -0.4 is 9.47 Å². The molecule has 2 aliphatic rings. The van der Waals surface area contributed by atoms with Gasteiger partial charge in [0.15, 0.2) is 11.5 Å². The summed E-state index contributed by atoms with van der Waals surface area (Å²) in [6, 6.07) is 17.0. The van der Waals surface area contributed by atoms with Gasteiger partial charge in [0.2, 0.25) is 6.23 Å². The van der Waals surface area contributed by atoms with Crippen molar-refractivity contribution in [2.24, 2.45) is 5.10 Å². The van der Waals surface area contributed by atoms with Gasteiger partial charge >= 0.3 is 5.97 Å². The van der Waals surface area contributed by atoms with E-state index < -0.39 is 6.23 Å². The number of benzene rings is 2. The Morgan fingerprint density at radius 3 is 2.65 bits per heavy atom. The third-order valence-electron chi connectivity index (χ3n) is 5.61. The van der Waals surface area contributed by atoms with Gasteiger partial charge in [-0.25, -0.2) is 9.80 Å². The smallest absolute Gasteiger partial charge is 0.337 e. The molecule has 2 aromatic carbocycles. The maximum absolute atomic E-state index is 11.8. The highest BCUT2D eigenvalue weighted by atomic mass is 16.5. The number of rotatable bonds is 4. The summed E-state index contributed by atoms with van der Waals surface area (Å²) in [7, 11) is 3.00. The van der Waals surface area contributed by atoms with E-state index in [4.69, 9.17) is 19.3 Å². The number of carbonyl (C=O) groups excluding carboxylic acids is 1. The maximum Gasteiger partial charge on any atom is 0.337 e. The van der Waals surface area contributed by atoms with Gasteiger partial charge in [-0.3, -0.25) is 4.98 Å². The second kappa shape index (κ2) is 7.75. The van der Waals surface area contributed by atoms with Crippen molar-refractivity contribution in [2.45, 2.75) is 18.7 Å². The Hall–Kier alpha value is -3.87. The zero-order valence-corrected chi connectivity index (χ0v) is 17.2. The van der Waals surface area contributed by atoms with E-state index in [2.05, 4.69) is 4.98 Å². The van der Waals surface area contributed by atoms with Crippen molar-refractivity contribution in [3.63, 3.8) is 0 Å². The van der Waals surface area contributed by atoms with Crippen molar-refractivity contribution < 1.29 is 19.0 Å². The van der Waals surface area contributed by atoms with Gasteiger partial charge in [0.05, 0.1) is 31.5 Å². The summed E-state index contributed by atoms with van der Waals surface area (Å²) in [6.45, 7) is 0. The highest BCUT2D eigenvalue weighted by Crippen LogP contribution is 2.50. The Balaban J connectivity index is 1.58. The summed E-state index contributed by atoms with van der Waals surface area (Å²) in [5, 5.41) is 6.90. The molecule has 0 radical (unpaired) electrons. The van der Waals surface area contributed by atoms with E-state index in [1.165, 1.54) is 7.11 Å². The Labute approximate surface area is 179 Å². The lowest BCUT2D eigenvalue weighted by molar-refractivity contribution is -0.0209. The first-order valence-corrected chi connectivity index (χ1v) is 9.97. The molecule has 2 atom stereocenters. The third kappa shape index (κ3) is 3.28. The summed E-state index contributed by atoms with van der Waals surface area (Å²) in [5.41, 5.74) is 4.34. The van der Waals surface area contributed by atoms with Gasteiger partial charge in [-0.1, -0.05) is 30.3 Å². The van der Waals surface area contributed by atoms with E-state index in [1.807, 2.05) is 53.7 Å². The number of aromatic nitrogens is 1. The normalized spacial score (nSPS) is 19.0. The van der Waals surface area contributed by atoms with Crippen molar-refractivity contribution in [3.8, 4) is 11.5 Å². The number of hydrazone groups is 1. The Bertz CT molecular complexity index is 1150. The van der Waals surface area contributed by atoms with E-state index in [9.17, 15) is 4.79 Å². The van der Waals surface area contributed by atoms with Gasteiger partial charge in [-0.2, -0.15) is 5.10 Å². The molecule has 0 amide bonds. The average Bonchev–Trinajstić information content (AvgIpc) is 3.29. The number of methoxy groups -OCH3 is 2. The molecule has 156 valence electrons. The van der Waals surface area contributed by atoms with Gasteiger partial charge in [0.1, 0.15) is 0 Å². The highest BCUT2D eigenvalue weighted by molar-refractivity contribution is 6.01. The molecule has 3 aromatic rings. The fraction of sp³-hybridized carbons (Fsp3) is 0.208. The van der Waals surface area contributed by atoms with Crippen LogP contribution in [0.3, 0.4) is 0 Å². The lowest BCUT2D eigenvalue weighted by Crippen LogP contribution is -2.33. The van der Waals surface area contributed by atoms with E-state index >= 15 is 0 Å². The van der Waals surface area contributed by atoms with Crippen molar-refractivity contribution in [1.82, 2.24) is 9.99 Å². The average molecular weight is 415 g/mol. The van der Waals surface area contributed by atoms with Crippen LogP contribution in [0.25, 0.3) is 0 Å². The van der Waals surface area contributed by atoms with Crippen molar-refractivity contribution in [1.29, 1.82) is 0 Å². The lowest BCUT2D eigenvalue weighted by atomic mass is 9.96. The molecule has 7 nitrogen and oxygen atoms in total. The third-order valence-corrected chi connectivity index (χ3v) is 5.61. The van der Waals surface area contributed by atoms with Crippen molar-refractivity contribution >= 4 is 11.7 Å². The molecule has 0 bridgehead atoms. The van der Waals surface area contributed by atoms with Crippen LogP contribution in [-0.2, 0) is 4.74 Å². The van der Waals surface area contributed by atoms with Crippen molar-refractivity contribution in [3.05, 3.63) is 89.2 Å². The van der Waals surface area contributed by atoms with Gasteiger partial charge in [0.25, 0.3) is 0 Å². The van der Waals surface area contributed by atoms with Crippen LogP contribution >= 0.6 is 0 Å². The molecule has 2 aliphatic heterocycles. The SMILES string of the molecule is COC(=O)c1ccc([C@H]2Oc3c(OC)cccc3[C@H]3CC(c4cccnc4)=NN32)cc1. The largest absolute Gasteiger partial charge is 0.493 e. The van der Waals surface area contributed by atoms with Crippen LogP contribution in [0.15, 0.2) is 72.1 Å². The monoisotopic (exact) mass is 415 g/mol. The van der Waals surface area contributed by atoms with Crippen LogP contribution in [0, 0.1) is 0 Å². The number of ether oxygens (including phenoxy) is 3. The number of hydrogen-bond donors (Lipinski definition) is 0. The number of para-hydroxylation sites is 1. The first kappa shape index (κ1) is 19.1. The number of hydrogen-bond acceptors (Lipinski definition) is 7. The number of esters is 1. The first-order chi connectivity index (χ1) is 15.2. The maximum atomic E-state index is 11.8. The molecule has 0 spiro atoms. The molecule has 0 saturated carbocycles. The Kier molecular flexibility index (Phi) is 4.78. The van der Waals surface area contributed by atoms with E-state index in [0.717, 1.165) is 34.6 Å². The summed E-state index contributed by atoms with van der Waals surface area (Å²) >= 11 is 0. The summed E-state index contributed by atoms with van der Waals surface area (Å²) in [6.07, 6.45) is 3.84. The zero-order valence-electron chi connectivity index (χ0n) is 17.2. The molecule has 7 heteroatoms. The second-order valence-electron chi connectivity index (χ2n) is 7.35. The van der Waals surface area contributed by atoms with Crippen LogP contribution in [0.1, 0.15) is 45.7 Å². The van der Waals surface area contributed by atoms with Gasteiger partial charge in [-0.15, -0.1) is 0 Å². The summed E-state index contributed by atoms with van der Waals surface area (Å²) in [5.74, 6) is 1.03. The molecule has 0 N–H and O–H groups in total. The standard InChI is InChI=1S/C24H21N3O4/c1-29-21-7-3-6-18-20-13-19(17-5-4-12-25-14-17)26-27(20)23(31-22(18)21)15-8-10-16(11-9-15)24(28)30-2/h3-12,14,20,23H,13H2,1-2H3/t20-,23-/m1/s1. The molecular formula is C24H21N3O4. The Morgan fingerprint density at radius 1 is 1.10 bits per heavy atom. The minimum absolute atomic E-state index is 0.000611. The zero-order chi connectivity index (χ0) is 21.4. The number of nitrogens with zero attached hydrogens (tertiary/aromatic N) is 3. The topological polar surface area (TPSA) is 73.2 Å². The summed E-state index contributed by atoms with van der Waals surface area (Å²) in [4.78, 5) is 16.1. The molecule has 0 aliphatic carbocycles. The van der Waals surface area contributed by atoms with Crippen molar-refractivity contribution in [2.75, 3.05) is 14.2 Å². The summed E-state index contributed by atoms with van der Waals surface area (Å²) < 4.78 is 16.8. The number of pyridine rings is 1. The minimum Gasteiger partial charge on any atom is -0.493 e. The van der Waals surface area contributed by atoms with Gasteiger partial charge < -0.3 is 14.2 Å². The highest BCUT2D eigenvalue weighted by Gasteiger charge is 2.42. The predicted molar refractivity (Wildman–Crippen MR) is 114 cm³/mol. The van der Waals surface area contributed by atoms with Gasteiger partial charge in [-0.05, 0) is 24.3 Å². The Morgan fingerprint density at radius 2 is 1.94 bits per heavy atom. The molecule has 5 rings (SSSR count). The van der Waals surface area contributed by atoms with E-state index in [-0.39, 0.29) is 12.0 Å². The fourth-order valence-corrected chi connectivity index (χ4v) is 4.07. The first-order valence-electron chi connectivity index (χ1n) is 9.97. The fourth-order valence-electron chi connectivity index (χ4n) is 4.07. The molecule has 0 fully saturated rings. The van der Waals surface area contributed by atoms with Crippen LogP contribution in [0.4, 0.5) is 0 Å². The van der Waals surface area contributed by atoms with Crippen LogP contribution in [0.2, 0.25) is 0 Å². The number of fused-ring (bicyclic) bond motifs is 3. The van der Waals surface area contributed by atoms with E-state index in [1.54, 1.807) is 25.4 Å². The molecule has 0 unspecified atom stereocenters. The molecule has 0 saturated heterocycles. The van der Waals surface area contributed by atoms with Crippen LogP contribution in [-0.4, -0.2) is 35.9 Å². The quantitative estimate of drug-likeness (QED) is 0.597. The number of carbonyl (C=O) groups is 1. The minimum atomic E-state index is -0.463. The predicted octanol–water partition coefficient (Wildman–Crippen LogP) is 4.12. The van der Waals surface area contributed by atoms with Gasteiger partial charge in [0, 0.05) is 35.5 Å². The van der Waals surface area contributed by atoms with Crippen LogP contribution in [0.5, 0.6) is 11.5 Å². The molecule has 31 heavy (non-hydrogen) atoms. The van der Waals surface area contributed by atoms with E-state index in [0.29, 0.717) is 11.3 Å². The molecule has 3 heterocycles. The lowest BCUT2D eigenvalue weighted by Gasteiger charge is -2.38. The second-order valence-corrected chi connectivity index (χ2v) is 7.35.